The van der Waals surface area contributed by atoms with Crippen LogP contribution in [0.25, 0.3) is 5.69 Å². The molecule has 0 radical (unpaired) electrons. The highest BCUT2D eigenvalue weighted by Crippen LogP contribution is 2.27. The van der Waals surface area contributed by atoms with Crippen molar-refractivity contribution < 1.29 is 4.79 Å². The maximum Gasteiger partial charge on any atom is 0.237 e. The van der Waals surface area contributed by atoms with Crippen LogP contribution < -0.4 is 11.1 Å². The Hall–Kier alpha value is -2.14. The summed E-state index contributed by atoms with van der Waals surface area (Å²) < 4.78 is 1.81. The lowest BCUT2D eigenvalue weighted by molar-refractivity contribution is -0.122. The molecule has 5 nitrogen and oxygen atoms in total. The molecule has 0 bridgehead atoms. The highest BCUT2D eigenvalue weighted by molar-refractivity contribution is 5.81. The summed E-state index contributed by atoms with van der Waals surface area (Å²) in [5, 5.41) is 7.25. The number of carbonyl (C=O) groups is 1. The summed E-state index contributed by atoms with van der Waals surface area (Å²) in [5.74, 6) is 0.548. The third-order valence-electron chi connectivity index (χ3n) is 4.84. The van der Waals surface area contributed by atoms with E-state index in [-0.39, 0.29) is 5.91 Å². The molecule has 1 fully saturated rings. The van der Waals surface area contributed by atoms with E-state index in [4.69, 9.17) is 5.73 Å². The van der Waals surface area contributed by atoms with Gasteiger partial charge in [-0.25, -0.2) is 4.68 Å². The zero-order valence-electron chi connectivity index (χ0n) is 14.0. The maximum atomic E-state index is 12.3. The van der Waals surface area contributed by atoms with Gasteiger partial charge in [-0.05, 0) is 30.0 Å². The molecule has 1 saturated carbocycles. The topological polar surface area (TPSA) is 72.9 Å². The van der Waals surface area contributed by atoms with Gasteiger partial charge >= 0.3 is 0 Å². The lowest BCUT2D eigenvalue weighted by Gasteiger charge is -2.24. The smallest absolute Gasteiger partial charge is 0.237 e. The second-order valence-corrected chi connectivity index (χ2v) is 6.64. The summed E-state index contributed by atoms with van der Waals surface area (Å²) >= 11 is 0. The van der Waals surface area contributed by atoms with Gasteiger partial charge in [-0.15, -0.1) is 0 Å². The fourth-order valence-electron chi connectivity index (χ4n) is 3.50. The first-order valence-electron chi connectivity index (χ1n) is 8.85. The third kappa shape index (κ3) is 4.23. The van der Waals surface area contributed by atoms with Gasteiger partial charge in [-0.1, -0.05) is 50.3 Å². The van der Waals surface area contributed by atoms with E-state index in [2.05, 4.69) is 10.4 Å². The Morgan fingerprint density at radius 3 is 2.79 bits per heavy atom. The largest absolute Gasteiger partial charge is 0.351 e. The predicted octanol–water partition coefficient (Wildman–Crippen LogP) is 2.79. The normalized spacial score (nSPS) is 16.7. The summed E-state index contributed by atoms with van der Waals surface area (Å²) in [7, 11) is 0. The zero-order chi connectivity index (χ0) is 16.8. The van der Waals surface area contributed by atoms with Gasteiger partial charge in [-0.2, -0.15) is 5.10 Å². The van der Waals surface area contributed by atoms with Gasteiger partial charge < -0.3 is 11.1 Å². The highest BCUT2D eigenvalue weighted by Gasteiger charge is 2.21. The van der Waals surface area contributed by atoms with E-state index in [0.29, 0.717) is 12.5 Å². The molecule has 1 aliphatic rings. The van der Waals surface area contributed by atoms with Crippen molar-refractivity contribution in [1.82, 2.24) is 15.1 Å². The number of rotatable bonds is 6. The average Bonchev–Trinajstić information content (AvgIpc) is 3.15. The molecule has 1 unspecified atom stereocenters. The number of nitrogens with zero attached hydrogens (tertiary/aromatic N) is 2. The number of hydrogen-bond acceptors (Lipinski definition) is 3. The van der Waals surface area contributed by atoms with Crippen molar-refractivity contribution in [1.29, 1.82) is 0 Å². The van der Waals surface area contributed by atoms with Crippen molar-refractivity contribution in [3.63, 3.8) is 0 Å². The fraction of sp³-hybridized carbons (Fsp3) is 0.474. The van der Waals surface area contributed by atoms with Gasteiger partial charge in [0.05, 0.1) is 11.7 Å². The number of aromatic nitrogens is 2. The number of benzene rings is 1. The molecule has 1 atom stereocenters. The summed E-state index contributed by atoms with van der Waals surface area (Å²) in [6.07, 6.45) is 10.7. The van der Waals surface area contributed by atoms with Gasteiger partial charge in [0, 0.05) is 18.9 Å². The molecule has 128 valence electrons. The van der Waals surface area contributed by atoms with Crippen molar-refractivity contribution in [3.05, 3.63) is 48.3 Å². The van der Waals surface area contributed by atoms with Crippen LogP contribution in [0, 0.1) is 5.92 Å². The zero-order valence-corrected chi connectivity index (χ0v) is 14.0. The molecule has 0 saturated heterocycles. The van der Waals surface area contributed by atoms with Gasteiger partial charge in [0.1, 0.15) is 0 Å². The van der Waals surface area contributed by atoms with Gasteiger partial charge in [-0.3, -0.25) is 4.79 Å². The number of nitrogens with two attached hydrogens (primary N) is 1. The van der Waals surface area contributed by atoms with E-state index in [0.717, 1.165) is 17.7 Å². The Morgan fingerprint density at radius 2 is 2.04 bits per heavy atom. The van der Waals surface area contributed by atoms with Crippen molar-refractivity contribution in [3.8, 4) is 5.69 Å². The predicted molar refractivity (Wildman–Crippen MR) is 94.6 cm³/mol. The summed E-state index contributed by atoms with van der Waals surface area (Å²) in [4.78, 5) is 12.3. The third-order valence-corrected chi connectivity index (χ3v) is 4.84. The van der Waals surface area contributed by atoms with Crippen molar-refractivity contribution in [2.45, 2.75) is 51.1 Å². The Kier molecular flexibility index (Phi) is 5.64. The van der Waals surface area contributed by atoms with Crippen LogP contribution in [-0.4, -0.2) is 21.7 Å². The minimum Gasteiger partial charge on any atom is -0.351 e. The van der Waals surface area contributed by atoms with Crippen LogP contribution in [0.1, 0.15) is 44.1 Å². The minimum absolute atomic E-state index is 0.0594. The minimum atomic E-state index is -0.412. The Labute approximate surface area is 143 Å². The Balaban J connectivity index is 1.56. The van der Waals surface area contributed by atoms with E-state index in [1.165, 1.54) is 32.1 Å². The van der Waals surface area contributed by atoms with Crippen molar-refractivity contribution in [2.75, 3.05) is 0 Å². The molecule has 0 aliphatic heterocycles. The molecule has 2 aromatic rings. The molecule has 1 heterocycles. The van der Waals surface area contributed by atoms with Crippen LogP contribution in [0.5, 0.6) is 0 Å². The fourth-order valence-corrected chi connectivity index (χ4v) is 3.50. The van der Waals surface area contributed by atoms with E-state index >= 15 is 0 Å². The van der Waals surface area contributed by atoms with Crippen molar-refractivity contribution in [2.24, 2.45) is 11.7 Å². The van der Waals surface area contributed by atoms with Gasteiger partial charge in [0.25, 0.3) is 0 Å². The summed E-state index contributed by atoms with van der Waals surface area (Å²) in [6, 6.07) is 9.41. The number of hydrogen-bond donors (Lipinski definition) is 2. The Morgan fingerprint density at radius 1 is 1.25 bits per heavy atom. The SMILES string of the molecule is NC(CC1CCCCC1)C(=O)NCc1ccccc1-n1cccn1. The molecule has 24 heavy (non-hydrogen) atoms. The Bertz CT molecular complexity index is 647. The molecular weight excluding hydrogens is 300 g/mol. The maximum absolute atomic E-state index is 12.3. The molecule has 1 aliphatic carbocycles. The molecule has 5 heteroatoms. The average molecular weight is 326 g/mol. The van der Waals surface area contributed by atoms with Crippen LogP contribution in [-0.2, 0) is 11.3 Å². The standard InChI is InChI=1S/C19H26N4O/c20-17(13-15-7-2-1-3-8-15)19(24)21-14-16-9-4-5-10-18(16)23-12-6-11-22-23/h4-6,9-12,15,17H,1-3,7-8,13-14,20H2,(H,21,24). The first-order chi connectivity index (χ1) is 11.7. The molecule has 3 N–H and O–H groups in total. The molecular formula is C19H26N4O. The first-order valence-corrected chi connectivity index (χ1v) is 8.85. The molecule has 1 aromatic carbocycles. The number of carbonyl (C=O) groups excluding carboxylic acids is 1. The number of nitrogens with one attached hydrogen (secondary N) is 1. The van der Waals surface area contributed by atoms with Crippen LogP contribution in [0.15, 0.2) is 42.7 Å². The van der Waals surface area contributed by atoms with Crippen LogP contribution in [0.4, 0.5) is 0 Å². The van der Waals surface area contributed by atoms with Gasteiger partial charge in [0.15, 0.2) is 0 Å². The second-order valence-electron chi connectivity index (χ2n) is 6.64. The monoisotopic (exact) mass is 326 g/mol. The first kappa shape index (κ1) is 16.7. The molecule has 1 amide bonds. The van der Waals surface area contributed by atoms with E-state index in [1.54, 1.807) is 6.20 Å². The summed E-state index contributed by atoms with van der Waals surface area (Å²) in [5.41, 5.74) is 8.12. The quantitative estimate of drug-likeness (QED) is 0.857. The van der Waals surface area contributed by atoms with Crippen LogP contribution in [0.2, 0.25) is 0 Å². The number of para-hydroxylation sites is 1. The number of amides is 1. The molecule has 1 aromatic heterocycles. The lowest BCUT2D eigenvalue weighted by Crippen LogP contribution is -2.41. The van der Waals surface area contributed by atoms with Crippen LogP contribution >= 0.6 is 0 Å². The van der Waals surface area contributed by atoms with E-state index in [9.17, 15) is 4.79 Å². The summed E-state index contributed by atoms with van der Waals surface area (Å²) in [6.45, 7) is 0.466. The van der Waals surface area contributed by atoms with E-state index in [1.807, 2.05) is 41.2 Å². The van der Waals surface area contributed by atoms with E-state index < -0.39 is 6.04 Å². The molecule has 3 rings (SSSR count). The second kappa shape index (κ2) is 8.11. The van der Waals surface area contributed by atoms with Crippen LogP contribution in [0.3, 0.4) is 0 Å². The van der Waals surface area contributed by atoms with Gasteiger partial charge in [0.2, 0.25) is 5.91 Å². The highest BCUT2D eigenvalue weighted by atomic mass is 16.2. The molecule has 0 spiro atoms. The lowest BCUT2D eigenvalue weighted by atomic mass is 9.85. The van der Waals surface area contributed by atoms with Crippen molar-refractivity contribution >= 4 is 5.91 Å².